The molecule has 0 aromatic heterocycles. The van der Waals surface area contributed by atoms with Crippen LogP contribution in [0.25, 0.3) is 0 Å². The number of amidine groups is 1. The smallest absolute Gasteiger partial charge is 0.156 e. The van der Waals surface area contributed by atoms with E-state index in [0.29, 0.717) is 11.8 Å². The van der Waals surface area contributed by atoms with Gasteiger partial charge in [0.1, 0.15) is 0 Å². The molecule has 0 bridgehead atoms. The van der Waals surface area contributed by atoms with Gasteiger partial charge in [-0.05, 0) is 38.3 Å². The summed E-state index contributed by atoms with van der Waals surface area (Å²) >= 11 is 0. The topological polar surface area (TPSA) is 61.8 Å². The third kappa shape index (κ3) is 3.70. The average molecular weight is 213 g/mol. The second-order valence-corrected chi connectivity index (χ2v) is 4.75. The molecule has 0 radical (unpaired) electrons. The quantitative estimate of drug-likeness (QED) is 0.323. The van der Waals surface area contributed by atoms with Crippen molar-refractivity contribution in [2.75, 3.05) is 13.1 Å². The van der Waals surface area contributed by atoms with E-state index in [2.05, 4.69) is 23.9 Å². The molecule has 0 amide bonds. The predicted molar refractivity (Wildman–Crippen MR) is 62.1 cm³/mol. The Labute approximate surface area is 92.1 Å². The molecule has 4 nitrogen and oxygen atoms in total. The molecule has 88 valence electrons. The summed E-state index contributed by atoms with van der Waals surface area (Å²) in [6.45, 7) is 6.58. The second kappa shape index (κ2) is 5.95. The van der Waals surface area contributed by atoms with Crippen molar-refractivity contribution >= 4 is 5.84 Å². The molecule has 0 spiro atoms. The first-order chi connectivity index (χ1) is 7.15. The van der Waals surface area contributed by atoms with Crippen LogP contribution in [0.3, 0.4) is 0 Å². The van der Waals surface area contributed by atoms with E-state index in [9.17, 15) is 0 Å². The van der Waals surface area contributed by atoms with Crippen LogP contribution in [0.1, 0.15) is 39.5 Å². The lowest BCUT2D eigenvalue weighted by atomic mass is 10.00. The summed E-state index contributed by atoms with van der Waals surface area (Å²) in [5, 5.41) is 11.9. The standard InChI is InChI=1S/C11H23N3O/c1-9(2)6-8-14-7-4-3-5-10(14)11(12)13-15/h9-10,15H,3-8H2,1-2H3,(H2,12,13). The van der Waals surface area contributed by atoms with Gasteiger partial charge in [-0.15, -0.1) is 0 Å². The van der Waals surface area contributed by atoms with Gasteiger partial charge in [0.15, 0.2) is 5.84 Å². The first kappa shape index (κ1) is 12.3. The number of hydrogen-bond acceptors (Lipinski definition) is 3. The van der Waals surface area contributed by atoms with Crippen molar-refractivity contribution in [1.29, 1.82) is 0 Å². The molecule has 1 unspecified atom stereocenters. The summed E-state index contributed by atoms with van der Waals surface area (Å²) in [6, 6.07) is 0.155. The van der Waals surface area contributed by atoms with Crippen LogP contribution < -0.4 is 5.73 Å². The highest BCUT2D eigenvalue weighted by Gasteiger charge is 2.25. The van der Waals surface area contributed by atoms with Crippen LogP contribution in [0.2, 0.25) is 0 Å². The Balaban J connectivity index is 2.50. The van der Waals surface area contributed by atoms with Crippen LogP contribution in [-0.4, -0.2) is 35.1 Å². The highest BCUT2D eigenvalue weighted by Crippen LogP contribution is 2.18. The Morgan fingerprint density at radius 3 is 2.87 bits per heavy atom. The molecule has 0 aromatic rings. The maximum absolute atomic E-state index is 8.72. The molecule has 0 aliphatic carbocycles. The Hall–Kier alpha value is -0.770. The van der Waals surface area contributed by atoms with E-state index in [1.807, 2.05) is 0 Å². The lowest BCUT2D eigenvalue weighted by molar-refractivity contribution is 0.177. The van der Waals surface area contributed by atoms with Crippen molar-refractivity contribution in [1.82, 2.24) is 4.90 Å². The number of nitrogens with zero attached hydrogens (tertiary/aromatic N) is 2. The van der Waals surface area contributed by atoms with E-state index < -0.39 is 0 Å². The fourth-order valence-corrected chi connectivity index (χ4v) is 2.08. The fraction of sp³-hybridized carbons (Fsp3) is 0.909. The van der Waals surface area contributed by atoms with Gasteiger partial charge in [0.05, 0.1) is 6.04 Å². The maximum atomic E-state index is 8.72. The zero-order chi connectivity index (χ0) is 11.3. The molecule has 0 aromatic carbocycles. The van der Waals surface area contributed by atoms with Crippen molar-refractivity contribution in [2.45, 2.75) is 45.6 Å². The number of likely N-dealkylation sites (tertiary alicyclic amines) is 1. The summed E-state index contributed by atoms with van der Waals surface area (Å²) in [4.78, 5) is 2.35. The third-order valence-electron chi connectivity index (χ3n) is 3.06. The van der Waals surface area contributed by atoms with Gasteiger partial charge in [0, 0.05) is 0 Å². The van der Waals surface area contributed by atoms with E-state index in [-0.39, 0.29) is 6.04 Å². The monoisotopic (exact) mass is 213 g/mol. The van der Waals surface area contributed by atoms with Gasteiger partial charge in [-0.3, -0.25) is 4.90 Å². The minimum atomic E-state index is 0.155. The van der Waals surface area contributed by atoms with Gasteiger partial charge >= 0.3 is 0 Å². The minimum Gasteiger partial charge on any atom is -0.409 e. The number of rotatable bonds is 4. The first-order valence-corrected chi connectivity index (χ1v) is 5.86. The molecular formula is C11H23N3O. The van der Waals surface area contributed by atoms with Gasteiger partial charge in [0.2, 0.25) is 0 Å². The lowest BCUT2D eigenvalue weighted by Gasteiger charge is -2.35. The second-order valence-electron chi connectivity index (χ2n) is 4.75. The number of piperidine rings is 1. The molecule has 0 saturated carbocycles. The Bertz CT molecular complexity index is 216. The van der Waals surface area contributed by atoms with Gasteiger partial charge in [-0.1, -0.05) is 25.4 Å². The van der Waals surface area contributed by atoms with Crippen LogP contribution >= 0.6 is 0 Å². The van der Waals surface area contributed by atoms with E-state index in [1.54, 1.807) is 0 Å². The summed E-state index contributed by atoms with van der Waals surface area (Å²) in [6.07, 6.45) is 4.61. The zero-order valence-electron chi connectivity index (χ0n) is 9.82. The Kier molecular flexibility index (Phi) is 4.88. The number of hydrogen-bond donors (Lipinski definition) is 2. The first-order valence-electron chi connectivity index (χ1n) is 5.86. The molecule has 1 aliphatic heterocycles. The van der Waals surface area contributed by atoms with Gasteiger partial charge < -0.3 is 10.9 Å². The fourth-order valence-electron chi connectivity index (χ4n) is 2.08. The SMILES string of the molecule is CC(C)CCN1CCCCC1C(N)=NO. The largest absolute Gasteiger partial charge is 0.409 e. The average Bonchev–Trinajstić information content (AvgIpc) is 2.25. The van der Waals surface area contributed by atoms with Gasteiger partial charge in [-0.25, -0.2) is 0 Å². The zero-order valence-corrected chi connectivity index (χ0v) is 9.82. The van der Waals surface area contributed by atoms with E-state index >= 15 is 0 Å². The van der Waals surface area contributed by atoms with Crippen molar-refractivity contribution in [3.8, 4) is 0 Å². The van der Waals surface area contributed by atoms with Crippen LogP contribution in [0, 0.1) is 5.92 Å². The highest BCUT2D eigenvalue weighted by molar-refractivity contribution is 5.85. The summed E-state index contributed by atoms with van der Waals surface area (Å²) in [5.74, 6) is 1.08. The van der Waals surface area contributed by atoms with Crippen molar-refractivity contribution < 1.29 is 5.21 Å². The third-order valence-corrected chi connectivity index (χ3v) is 3.06. The van der Waals surface area contributed by atoms with Crippen LogP contribution in [0.4, 0.5) is 0 Å². The normalized spacial score (nSPS) is 24.7. The molecule has 1 heterocycles. The Morgan fingerprint density at radius 1 is 1.53 bits per heavy atom. The lowest BCUT2D eigenvalue weighted by Crippen LogP contribution is -2.48. The van der Waals surface area contributed by atoms with E-state index in [4.69, 9.17) is 10.9 Å². The molecule has 3 N–H and O–H groups in total. The van der Waals surface area contributed by atoms with Crippen LogP contribution in [0.15, 0.2) is 5.16 Å². The summed E-state index contributed by atoms with van der Waals surface area (Å²) in [7, 11) is 0. The molecule has 1 rings (SSSR count). The predicted octanol–water partition coefficient (Wildman–Crippen LogP) is 1.63. The summed E-state index contributed by atoms with van der Waals surface area (Å²) in [5.41, 5.74) is 5.70. The van der Waals surface area contributed by atoms with Gasteiger partial charge in [0.25, 0.3) is 0 Å². The van der Waals surface area contributed by atoms with E-state index in [0.717, 1.165) is 19.5 Å². The molecule has 1 fully saturated rings. The number of oxime groups is 1. The highest BCUT2D eigenvalue weighted by atomic mass is 16.4. The van der Waals surface area contributed by atoms with Crippen molar-refractivity contribution in [3.05, 3.63) is 0 Å². The Morgan fingerprint density at radius 2 is 2.27 bits per heavy atom. The van der Waals surface area contributed by atoms with Gasteiger partial charge in [-0.2, -0.15) is 0 Å². The molecular weight excluding hydrogens is 190 g/mol. The molecule has 15 heavy (non-hydrogen) atoms. The van der Waals surface area contributed by atoms with Crippen LogP contribution in [0.5, 0.6) is 0 Å². The maximum Gasteiger partial charge on any atom is 0.156 e. The van der Waals surface area contributed by atoms with Crippen molar-refractivity contribution in [3.63, 3.8) is 0 Å². The molecule has 1 saturated heterocycles. The molecule has 1 aliphatic rings. The van der Waals surface area contributed by atoms with E-state index in [1.165, 1.54) is 19.3 Å². The summed E-state index contributed by atoms with van der Waals surface area (Å²) < 4.78 is 0. The molecule has 1 atom stereocenters. The minimum absolute atomic E-state index is 0.155. The van der Waals surface area contributed by atoms with Crippen molar-refractivity contribution in [2.24, 2.45) is 16.8 Å². The van der Waals surface area contributed by atoms with Crippen LogP contribution in [-0.2, 0) is 0 Å². The number of nitrogens with two attached hydrogens (primary N) is 1. The molecule has 4 heteroatoms.